The van der Waals surface area contributed by atoms with Crippen LogP contribution in [-0.4, -0.2) is 53.3 Å². The van der Waals surface area contributed by atoms with E-state index in [1.165, 1.54) is 0 Å². The van der Waals surface area contributed by atoms with Crippen molar-refractivity contribution in [2.75, 3.05) is 23.4 Å². The van der Waals surface area contributed by atoms with E-state index in [9.17, 15) is 18.4 Å². The number of nitrogens with zero attached hydrogens (tertiary/aromatic N) is 3. The topological polar surface area (TPSA) is 112 Å². The molecule has 9 nitrogen and oxygen atoms in total. The highest BCUT2D eigenvalue weighted by atomic mass is 35.5. The molecule has 2 atom stereocenters. The Morgan fingerprint density at radius 1 is 1.40 bits per heavy atom. The molecule has 160 valence electrons. The van der Waals surface area contributed by atoms with E-state index in [0.29, 0.717) is 29.4 Å². The minimum Gasteiger partial charge on any atom is -0.491 e. The monoisotopic (exact) mass is 441 g/mol. The lowest BCUT2D eigenvalue weighted by molar-refractivity contribution is -0.118. The number of hydrogen-bond donors (Lipinski definition) is 2. The molecular formula is C18H18ClF2N5O4. The van der Waals surface area contributed by atoms with Crippen LogP contribution >= 0.6 is 11.6 Å². The van der Waals surface area contributed by atoms with Crippen LogP contribution in [0.2, 0.25) is 5.15 Å². The molecule has 1 aromatic heterocycles. The van der Waals surface area contributed by atoms with Gasteiger partial charge in [-0.1, -0.05) is 11.6 Å². The summed E-state index contributed by atoms with van der Waals surface area (Å²) in [5.74, 6) is 0.226. The molecule has 3 N–H and O–H groups in total. The summed E-state index contributed by atoms with van der Waals surface area (Å²) in [4.78, 5) is 28.5. The van der Waals surface area contributed by atoms with Crippen LogP contribution in [0, 0.1) is 0 Å². The van der Waals surface area contributed by atoms with Crippen molar-refractivity contribution in [1.82, 2.24) is 9.55 Å². The summed E-state index contributed by atoms with van der Waals surface area (Å²) in [5, 5.41) is 3.00. The third-order valence-electron chi connectivity index (χ3n) is 4.92. The Balaban J connectivity index is 1.74. The zero-order valence-electron chi connectivity index (χ0n) is 15.8. The molecule has 12 heteroatoms. The smallest absolute Gasteiger partial charge is 0.416 e. The second kappa shape index (κ2) is 7.63. The Morgan fingerprint density at radius 3 is 2.87 bits per heavy atom. The molecule has 2 amide bonds. The van der Waals surface area contributed by atoms with Gasteiger partial charge in [-0.05, 0) is 19.1 Å². The molecular weight excluding hydrogens is 424 g/mol. The van der Waals surface area contributed by atoms with Crippen LogP contribution in [0.4, 0.5) is 25.1 Å². The highest BCUT2D eigenvalue weighted by molar-refractivity contribution is 6.32. The number of fused-ring (bicyclic) bond motifs is 3. The number of halogens is 3. The van der Waals surface area contributed by atoms with Gasteiger partial charge in [-0.15, -0.1) is 0 Å². The van der Waals surface area contributed by atoms with Crippen LogP contribution in [0.5, 0.6) is 5.75 Å². The molecule has 0 aliphatic carbocycles. The molecule has 4 rings (SSSR count). The first-order chi connectivity index (χ1) is 14.3. The van der Waals surface area contributed by atoms with Gasteiger partial charge in [-0.3, -0.25) is 4.79 Å². The van der Waals surface area contributed by atoms with Gasteiger partial charge >= 0.3 is 6.09 Å². The zero-order valence-corrected chi connectivity index (χ0v) is 16.5. The number of ether oxygens (including phenoxy) is 2. The fraction of sp³-hybridized carbons (Fsp3) is 0.389. The summed E-state index contributed by atoms with van der Waals surface area (Å²) in [7, 11) is 0. The summed E-state index contributed by atoms with van der Waals surface area (Å²) < 4.78 is 38.9. The molecule has 0 unspecified atom stereocenters. The molecule has 2 aromatic rings. The third-order valence-corrected chi connectivity index (χ3v) is 5.29. The van der Waals surface area contributed by atoms with E-state index in [1.54, 1.807) is 29.7 Å². The molecule has 3 heterocycles. The molecule has 0 bridgehead atoms. The molecule has 0 saturated carbocycles. The lowest BCUT2D eigenvalue weighted by Crippen LogP contribution is -2.39. The molecule has 0 spiro atoms. The fourth-order valence-corrected chi connectivity index (χ4v) is 3.63. The van der Waals surface area contributed by atoms with E-state index >= 15 is 0 Å². The first kappa shape index (κ1) is 20.2. The quantitative estimate of drug-likeness (QED) is 0.737. The van der Waals surface area contributed by atoms with Crippen LogP contribution < -0.4 is 20.7 Å². The van der Waals surface area contributed by atoms with E-state index in [2.05, 4.69) is 10.3 Å². The predicted octanol–water partition coefficient (Wildman–Crippen LogP) is 2.47. The van der Waals surface area contributed by atoms with Crippen LogP contribution in [0.3, 0.4) is 0 Å². The number of carbonyl (C=O) groups is 2. The lowest BCUT2D eigenvalue weighted by Gasteiger charge is -2.18. The van der Waals surface area contributed by atoms with Crippen molar-refractivity contribution in [2.24, 2.45) is 5.73 Å². The van der Waals surface area contributed by atoms with Crippen molar-refractivity contribution < 1.29 is 27.8 Å². The first-order valence-corrected chi connectivity index (χ1v) is 9.49. The van der Waals surface area contributed by atoms with Gasteiger partial charge in [0.25, 0.3) is 6.43 Å². The Kier molecular flexibility index (Phi) is 5.14. The van der Waals surface area contributed by atoms with E-state index < -0.39 is 37.1 Å². The van der Waals surface area contributed by atoms with Gasteiger partial charge in [-0.25, -0.2) is 23.5 Å². The average Bonchev–Trinajstić information content (AvgIpc) is 3.16. The largest absolute Gasteiger partial charge is 0.491 e. The summed E-state index contributed by atoms with van der Waals surface area (Å²) in [6.45, 7) is 1.70. The van der Waals surface area contributed by atoms with Crippen molar-refractivity contribution in [1.29, 1.82) is 0 Å². The van der Waals surface area contributed by atoms with Crippen molar-refractivity contribution in [3.8, 4) is 17.1 Å². The first-order valence-electron chi connectivity index (χ1n) is 9.11. The number of primary amides is 1. The van der Waals surface area contributed by atoms with E-state index in [1.807, 2.05) is 0 Å². The van der Waals surface area contributed by atoms with E-state index in [0.717, 1.165) is 4.90 Å². The number of aromatic nitrogens is 2. The Bertz CT molecular complexity index is 1010. The molecule has 1 fully saturated rings. The van der Waals surface area contributed by atoms with Gasteiger partial charge in [0.15, 0.2) is 11.0 Å². The number of nitrogens with one attached hydrogen (secondary N) is 1. The highest BCUT2D eigenvalue weighted by Crippen LogP contribution is 2.40. The zero-order chi connectivity index (χ0) is 21.6. The van der Waals surface area contributed by atoms with E-state index in [4.69, 9.17) is 26.8 Å². The Hall–Kier alpha value is -3.08. The minimum absolute atomic E-state index is 0.0375. The SMILES string of the molecule is C[C@H](Nc1ccc2c(c1)OCCn1c-2nc(N2C(=O)OC[C@H]2C(F)F)c1Cl)C(N)=O. The standard InChI is InChI=1S/C18H18ClF2N5O4/c1-8(15(22)27)23-9-2-3-10-12(6-9)29-5-4-25-13(19)17(24-16(10)25)26-11(14(20)21)7-30-18(26)28/h2-3,6,8,11,14,23H,4-5,7H2,1H3,(H2,22,27)/t8-,11-/m0/s1. The fourth-order valence-electron chi connectivity index (χ4n) is 3.33. The number of anilines is 2. The number of carbonyl (C=O) groups excluding carboxylic acids is 2. The van der Waals surface area contributed by atoms with Gasteiger partial charge < -0.3 is 25.1 Å². The van der Waals surface area contributed by atoms with Crippen LogP contribution in [-0.2, 0) is 16.1 Å². The number of nitrogens with two attached hydrogens (primary N) is 1. The number of amides is 2. The third kappa shape index (κ3) is 3.38. The maximum atomic E-state index is 13.4. The highest BCUT2D eigenvalue weighted by Gasteiger charge is 2.43. The second-order valence-electron chi connectivity index (χ2n) is 6.88. The molecule has 2 aliphatic heterocycles. The van der Waals surface area contributed by atoms with Gasteiger partial charge in [0, 0.05) is 11.8 Å². The van der Waals surface area contributed by atoms with Gasteiger partial charge in [0.1, 0.15) is 36.9 Å². The lowest BCUT2D eigenvalue weighted by atomic mass is 10.1. The van der Waals surface area contributed by atoms with Crippen molar-refractivity contribution in [3.05, 3.63) is 23.4 Å². The number of rotatable bonds is 5. The number of imidazole rings is 1. The van der Waals surface area contributed by atoms with Crippen LogP contribution in [0.25, 0.3) is 11.4 Å². The van der Waals surface area contributed by atoms with Crippen molar-refractivity contribution in [2.45, 2.75) is 32.0 Å². The molecule has 2 aliphatic rings. The van der Waals surface area contributed by atoms with Gasteiger partial charge in [0.2, 0.25) is 5.91 Å². The van der Waals surface area contributed by atoms with Crippen molar-refractivity contribution >= 4 is 35.1 Å². The maximum Gasteiger partial charge on any atom is 0.416 e. The minimum atomic E-state index is -2.81. The molecule has 1 saturated heterocycles. The summed E-state index contributed by atoms with van der Waals surface area (Å²) in [6, 6.07) is 3.02. The summed E-state index contributed by atoms with van der Waals surface area (Å²) >= 11 is 6.42. The predicted molar refractivity (Wildman–Crippen MR) is 104 cm³/mol. The van der Waals surface area contributed by atoms with Crippen LogP contribution in [0.1, 0.15) is 6.92 Å². The van der Waals surface area contributed by atoms with E-state index in [-0.39, 0.29) is 17.6 Å². The number of benzene rings is 1. The summed E-state index contributed by atoms with van der Waals surface area (Å²) in [6.07, 6.45) is -3.74. The summed E-state index contributed by atoms with van der Waals surface area (Å²) in [5.41, 5.74) is 6.43. The molecule has 0 radical (unpaired) electrons. The number of hydrogen-bond acceptors (Lipinski definition) is 6. The molecule has 1 aromatic carbocycles. The number of alkyl halides is 2. The van der Waals surface area contributed by atoms with Crippen LogP contribution in [0.15, 0.2) is 18.2 Å². The van der Waals surface area contributed by atoms with Gasteiger partial charge in [0.05, 0.1) is 12.1 Å². The number of cyclic esters (lactones) is 1. The van der Waals surface area contributed by atoms with Gasteiger partial charge in [-0.2, -0.15) is 0 Å². The normalized spacial score (nSPS) is 18.9. The average molecular weight is 442 g/mol. The maximum absolute atomic E-state index is 13.4. The Morgan fingerprint density at radius 2 is 2.17 bits per heavy atom. The second-order valence-corrected chi connectivity index (χ2v) is 7.24. The Labute approximate surface area is 174 Å². The molecule has 30 heavy (non-hydrogen) atoms. The van der Waals surface area contributed by atoms with Crippen molar-refractivity contribution in [3.63, 3.8) is 0 Å².